The number of phenols is 1. The number of aliphatic hydroxyl groups is 4. The fraction of sp³-hybridized carbons (Fsp3) is 0.567. The van der Waals surface area contributed by atoms with Crippen molar-refractivity contribution in [2.75, 3.05) is 0 Å². The number of aromatic hydroxyl groups is 1. The molecule has 4 bridgehead atoms. The highest BCUT2D eigenvalue weighted by atomic mass is 16.4. The summed E-state index contributed by atoms with van der Waals surface area (Å²) in [5, 5.41) is 56.3. The lowest BCUT2D eigenvalue weighted by Gasteiger charge is -2.55. The van der Waals surface area contributed by atoms with Crippen LogP contribution in [0, 0.1) is 35.5 Å². The molecule has 1 aromatic carbocycles. The van der Waals surface area contributed by atoms with Gasteiger partial charge in [-0.15, -0.1) is 0 Å². The van der Waals surface area contributed by atoms with Gasteiger partial charge >= 0.3 is 0 Å². The summed E-state index contributed by atoms with van der Waals surface area (Å²) in [4.78, 5) is 39.2. The van der Waals surface area contributed by atoms with E-state index in [9.17, 15) is 39.9 Å². The number of nitrogens with two attached hydrogens (primary N) is 1. The number of fused-ring (bicyclic) bond motifs is 3. The first-order chi connectivity index (χ1) is 18.4. The standard InChI is InChI=1S/C30H33NO8/c1-10-15-2-3-16(20-13-5-11-4-12(7-13)8-14(20)6-11)24(33)21(15)26(35)23-19(10)25(34)17-9-18(32)22(29(31)38)27(36)30(17,39)28(23)37/h2-3,10-14,17,19-20,25,32-34,37,39H,4-9H2,1H3,(H2,31,38)/t10-,11?,12?,13?,14?,17+,19+,20?,25+,30+/m0/s1. The number of Topliss-reactive ketones (excluding diaryl/α,β-unsaturated/α-hetero) is 2. The van der Waals surface area contributed by atoms with Crippen LogP contribution in [0.1, 0.15) is 78.8 Å². The van der Waals surface area contributed by atoms with Gasteiger partial charge in [0.15, 0.2) is 11.4 Å². The maximum atomic E-state index is 14.1. The van der Waals surface area contributed by atoms with Crippen molar-refractivity contribution >= 4 is 17.5 Å². The van der Waals surface area contributed by atoms with E-state index in [4.69, 9.17) is 5.73 Å². The zero-order chi connectivity index (χ0) is 27.7. The van der Waals surface area contributed by atoms with Crippen LogP contribution in [0.3, 0.4) is 0 Å². The molecule has 1 aromatic rings. The maximum Gasteiger partial charge on any atom is 0.255 e. The van der Waals surface area contributed by atoms with E-state index in [-0.39, 0.29) is 22.8 Å². The van der Waals surface area contributed by atoms with Crippen LogP contribution in [0.25, 0.3) is 0 Å². The summed E-state index contributed by atoms with van der Waals surface area (Å²) in [7, 11) is 0. The molecule has 0 saturated heterocycles. The number of hydrogen-bond acceptors (Lipinski definition) is 8. The van der Waals surface area contributed by atoms with Crippen molar-refractivity contribution in [1.29, 1.82) is 0 Å². The van der Waals surface area contributed by atoms with E-state index in [2.05, 4.69) is 0 Å². The summed E-state index contributed by atoms with van der Waals surface area (Å²) in [6, 6.07) is 3.73. The second kappa shape index (κ2) is 7.95. The molecule has 4 saturated carbocycles. The Morgan fingerprint density at radius 1 is 0.949 bits per heavy atom. The van der Waals surface area contributed by atoms with E-state index in [1.165, 1.54) is 6.42 Å². The third-order valence-corrected chi connectivity index (χ3v) is 11.1. The van der Waals surface area contributed by atoms with Crippen LogP contribution in [0.4, 0.5) is 0 Å². The molecule has 0 unspecified atom stereocenters. The Morgan fingerprint density at radius 2 is 1.54 bits per heavy atom. The van der Waals surface area contributed by atoms with Gasteiger partial charge in [0.25, 0.3) is 5.91 Å². The summed E-state index contributed by atoms with van der Waals surface area (Å²) in [6.45, 7) is 1.76. The van der Waals surface area contributed by atoms with Crippen LogP contribution >= 0.6 is 0 Å². The van der Waals surface area contributed by atoms with E-state index < -0.39 is 70.4 Å². The Morgan fingerprint density at radius 3 is 2.13 bits per heavy atom. The monoisotopic (exact) mass is 535 g/mol. The summed E-state index contributed by atoms with van der Waals surface area (Å²) in [5.41, 5.74) is 2.51. The number of aliphatic hydroxyl groups excluding tert-OH is 3. The van der Waals surface area contributed by atoms with Gasteiger partial charge in [0.2, 0.25) is 5.78 Å². The molecule has 9 nitrogen and oxygen atoms in total. The van der Waals surface area contributed by atoms with Crippen molar-refractivity contribution in [2.24, 2.45) is 41.2 Å². The normalized spacial score (nSPS) is 42.4. The first-order valence-corrected chi connectivity index (χ1v) is 14.0. The number of hydrogen-bond donors (Lipinski definition) is 6. The molecule has 39 heavy (non-hydrogen) atoms. The number of phenolic OH excluding ortho intramolecular Hbond substituents is 1. The summed E-state index contributed by atoms with van der Waals surface area (Å²) in [6.07, 6.45) is 3.78. The minimum absolute atomic E-state index is 0.0256. The second-order valence-corrected chi connectivity index (χ2v) is 12.9. The van der Waals surface area contributed by atoms with Gasteiger partial charge in [-0.1, -0.05) is 19.1 Å². The highest BCUT2D eigenvalue weighted by Crippen LogP contribution is 2.62. The van der Waals surface area contributed by atoms with Gasteiger partial charge in [0, 0.05) is 23.8 Å². The lowest BCUT2D eigenvalue weighted by Crippen LogP contribution is -2.62. The van der Waals surface area contributed by atoms with Crippen LogP contribution in [0.2, 0.25) is 0 Å². The number of primary amides is 1. The van der Waals surface area contributed by atoms with Crippen LogP contribution in [-0.4, -0.2) is 54.7 Å². The fourth-order valence-electron chi connectivity index (χ4n) is 9.71. The van der Waals surface area contributed by atoms with E-state index in [1.54, 1.807) is 6.92 Å². The molecule has 7 aliphatic carbocycles. The SMILES string of the molecule is C[C@H]1c2ccc(C3C4CC5CC(C4)CC3C5)c(O)c2C(=O)C2=C(O)[C@]3(O)C(=O)C(C(N)=O)=C(O)C[C@@H]3[C@@H](O)[C@@H]21. The molecule has 4 fully saturated rings. The van der Waals surface area contributed by atoms with E-state index in [0.717, 1.165) is 43.1 Å². The quantitative estimate of drug-likeness (QED) is 0.313. The molecule has 7 aliphatic rings. The molecule has 0 aromatic heterocycles. The Balaban J connectivity index is 1.37. The second-order valence-electron chi connectivity index (χ2n) is 12.9. The number of carbonyl (C=O) groups excluding carboxylic acids is 3. The number of carbonyl (C=O) groups is 3. The molecule has 1 amide bonds. The Bertz CT molecular complexity index is 1400. The zero-order valence-electron chi connectivity index (χ0n) is 21.6. The Labute approximate surface area is 225 Å². The first kappa shape index (κ1) is 24.8. The predicted octanol–water partition coefficient (Wildman–Crippen LogP) is 2.65. The Hall–Kier alpha value is -3.17. The number of benzene rings is 1. The smallest absolute Gasteiger partial charge is 0.255 e. The molecule has 7 N–H and O–H groups in total. The van der Waals surface area contributed by atoms with Crippen molar-refractivity contribution < 1.29 is 39.9 Å². The number of ketones is 2. The van der Waals surface area contributed by atoms with Gasteiger partial charge in [-0.25, -0.2) is 0 Å². The van der Waals surface area contributed by atoms with Crippen LogP contribution in [-0.2, 0) is 9.59 Å². The average molecular weight is 536 g/mol. The summed E-state index contributed by atoms with van der Waals surface area (Å²) >= 11 is 0. The highest BCUT2D eigenvalue weighted by molar-refractivity contribution is 6.24. The van der Waals surface area contributed by atoms with Gasteiger partial charge in [-0.05, 0) is 78.7 Å². The van der Waals surface area contributed by atoms with E-state index in [0.29, 0.717) is 17.4 Å². The summed E-state index contributed by atoms with van der Waals surface area (Å²) < 4.78 is 0. The lowest BCUT2D eigenvalue weighted by atomic mass is 9.50. The van der Waals surface area contributed by atoms with Crippen molar-refractivity contribution in [3.63, 3.8) is 0 Å². The van der Waals surface area contributed by atoms with Crippen LogP contribution in [0.15, 0.2) is 34.8 Å². The van der Waals surface area contributed by atoms with Crippen molar-refractivity contribution in [3.8, 4) is 5.75 Å². The molecule has 206 valence electrons. The van der Waals surface area contributed by atoms with Crippen LogP contribution < -0.4 is 5.73 Å². The van der Waals surface area contributed by atoms with Crippen molar-refractivity contribution in [3.05, 3.63) is 51.5 Å². The largest absolute Gasteiger partial charge is 0.511 e. The van der Waals surface area contributed by atoms with Gasteiger partial charge in [0.1, 0.15) is 22.8 Å². The summed E-state index contributed by atoms with van der Waals surface area (Å²) in [5.74, 6) is -5.62. The van der Waals surface area contributed by atoms with Crippen molar-refractivity contribution in [2.45, 2.75) is 69.0 Å². The van der Waals surface area contributed by atoms with Crippen LogP contribution in [0.5, 0.6) is 5.75 Å². The topological polar surface area (TPSA) is 178 Å². The molecule has 0 radical (unpaired) electrons. The molecule has 8 rings (SSSR count). The Kier molecular flexibility index (Phi) is 5.06. The number of rotatable bonds is 2. The molecule has 5 atom stereocenters. The first-order valence-electron chi connectivity index (χ1n) is 14.0. The fourth-order valence-corrected chi connectivity index (χ4v) is 9.71. The number of amides is 1. The third kappa shape index (κ3) is 3.00. The lowest BCUT2D eigenvalue weighted by molar-refractivity contribution is -0.154. The van der Waals surface area contributed by atoms with Gasteiger partial charge in [0.05, 0.1) is 11.7 Å². The minimum Gasteiger partial charge on any atom is -0.511 e. The average Bonchev–Trinajstić information content (AvgIpc) is 2.86. The van der Waals surface area contributed by atoms with Gasteiger partial charge in [-0.2, -0.15) is 0 Å². The number of allylic oxidation sites excluding steroid dienone is 1. The molecule has 0 spiro atoms. The molecular weight excluding hydrogens is 502 g/mol. The minimum atomic E-state index is -2.82. The molecule has 0 heterocycles. The zero-order valence-corrected chi connectivity index (χ0v) is 21.6. The van der Waals surface area contributed by atoms with Gasteiger partial charge in [-0.3, -0.25) is 14.4 Å². The molecule has 0 aliphatic heterocycles. The maximum absolute atomic E-state index is 14.1. The predicted molar refractivity (Wildman–Crippen MR) is 137 cm³/mol. The van der Waals surface area contributed by atoms with E-state index in [1.807, 2.05) is 12.1 Å². The van der Waals surface area contributed by atoms with Crippen molar-refractivity contribution in [1.82, 2.24) is 0 Å². The molecular formula is C30H33NO8. The highest BCUT2D eigenvalue weighted by Gasteiger charge is 2.64. The van der Waals surface area contributed by atoms with Gasteiger partial charge < -0.3 is 31.3 Å². The third-order valence-electron chi connectivity index (χ3n) is 11.1. The molecule has 9 heteroatoms. The van der Waals surface area contributed by atoms with E-state index >= 15 is 0 Å².